The van der Waals surface area contributed by atoms with E-state index in [1.807, 2.05) is 0 Å². The van der Waals surface area contributed by atoms with Crippen LogP contribution in [0.4, 0.5) is 35.1 Å². The van der Waals surface area contributed by atoms with Gasteiger partial charge in [0.05, 0.1) is 0 Å². The average Bonchev–Trinajstić information content (AvgIpc) is 2.36. The zero-order valence-corrected chi connectivity index (χ0v) is 10.2. The number of halogens is 8. The third-order valence-electron chi connectivity index (χ3n) is 2.47. The van der Waals surface area contributed by atoms with Crippen molar-refractivity contribution in [3.8, 4) is 0 Å². The molecule has 0 aliphatic rings. The molecular weight excluding hydrogens is 332 g/mol. The van der Waals surface area contributed by atoms with Crippen LogP contribution in [0.25, 0.3) is 0 Å². The molecule has 0 aliphatic carbocycles. The number of alkyl halides is 6. The predicted octanol–water partition coefficient (Wildman–Crippen LogP) is 2.86. The van der Waals surface area contributed by atoms with E-state index in [4.69, 9.17) is 5.11 Å². The van der Waals surface area contributed by atoms with Crippen LogP contribution in [0.5, 0.6) is 0 Å². The molecule has 0 heterocycles. The summed E-state index contributed by atoms with van der Waals surface area (Å²) in [6.45, 7) is -1.23. The van der Waals surface area contributed by atoms with Gasteiger partial charge in [-0.3, -0.25) is 0 Å². The van der Waals surface area contributed by atoms with Gasteiger partial charge in [-0.15, -0.1) is 0 Å². The van der Waals surface area contributed by atoms with Crippen LogP contribution in [0, 0.1) is 11.6 Å². The van der Waals surface area contributed by atoms with Crippen molar-refractivity contribution in [1.29, 1.82) is 0 Å². The second-order valence-corrected chi connectivity index (χ2v) is 4.03. The molecule has 0 radical (unpaired) electrons. The lowest BCUT2D eigenvalue weighted by Crippen LogP contribution is -2.62. The Bertz CT molecular complexity index is 549. The number of aliphatic hydroxyl groups is 1. The normalized spacial score (nSPS) is 13.1. The number of carbonyl (C=O) groups is 1. The molecule has 11 heteroatoms. The van der Waals surface area contributed by atoms with Gasteiger partial charge in [-0.05, 0) is 17.7 Å². The van der Waals surface area contributed by atoms with Gasteiger partial charge in [0.2, 0.25) is 0 Å². The molecule has 1 aromatic rings. The summed E-state index contributed by atoms with van der Waals surface area (Å²) in [6, 6.07) is 1.70. The van der Waals surface area contributed by atoms with Gasteiger partial charge >= 0.3 is 23.9 Å². The van der Waals surface area contributed by atoms with Crippen molar-refractivity contribution in [2.75, 3.05) is 0 Å². The summed E-state index contributed by atoms with van der Waals surface area (Å²) in [5, 5.41) is 8.67. The largest absolute Gasteiger partial charge is 0.458 e. The molecule has 3 nitrogen and oxygen atoms in total. The highest BCUT2D eigenvalue weighted by Gasteiger charge is 2.76. The lowest BCUT2D eigenvalue weighted by atomic mass is 10.0. The highest BCUT2D eigenvalue weighted by molar-refractivity contribution is 5.81. The fourth-order valence-electron chi connectivity index (χ4n) is 1.27. The molecule has 0 unspecified atom stereocenters. The molecule has 1 N–H and O–H groups in total. The standard InChI is InChI=1S/C11H6F8O3/c12-6-2-1-5(3-7(6)13)4-22-8(20)9(21,10(14,15)16)11(17,18)19/h1-3,21H,4H2. The molecule has 22 heavy (non-hydrogen) atoms. The topological polar surface area (TPSA) is 46.5 Å². The molecule has 0 aliphatic heterocycles. The van der Waals surface area contributed by atoms with Gasteiger partial charge < -0.3 is 9.84 Å². The summed E-state index contributed by atoms with van der Waals surface area (Å²) in [6.07, 6.45) is -12.8. The Morgan fingerprint density at radius 3 is 1.91 bits per heavy atom. The highest BCUT2D eigenvalue weighted by Crippen LogP contribution is 2.43. The molecular formula is C11H6F8O3. The summed E-state index contributed by atoms with van der Waals surface area (Å²) >= 11 is 0. The first kappa shape index (κ1) is 18.1. The van der Waals surface area contributed by atoms with Crippen LogP contribution >= 0.6 is 0 Å². The Morgan fingerprint density at radius 1 is 1.00 bits per heavy atom. The van der Waals surface area contributed by atoms with Crippen molar-refractivity contribution < 1.29 is 49.8 Å². The van der Waals surface area contributed by atoms with Crippen LogP contribution in [-0.2, 0) is 16.1 Å². The first-order valence-electron chi connectivity index (χ1n) is 5.27. The van der Waals surface area contributed by atoms with Crippen molar-refractivity contribution in [1.82, 2.24) is 0 Å². The molecule has 0 saturated heterocycles. The quantitative estimate of drug-likeness (QED) is 0.681. The third kappa shape index (κ3) is 3.29. The zero-order chi connectivity index (χ0) is 17.3. The number of benzene rings is 1. The minimum Gasteiger partial charge on any atom is -0.458 e. The van der Waals surface area contributed by atoms with Crippen molar-refractivity contribution >= 4 is 5.97 Å². The monoisotopic (exact) mass is 338 g/mol. The highest BCUT2D eigenvalue weighted by atomic mass is 19.4. The van der Waals surface area contributed by atoms with E-state index in [0.29, 0.717) is 12.1 Å². The van der Waals surface area contributed by atoms with Gasteiger partial charge in [0.1, 0.15) is 6.61 Å². The molecule has 0 aromatic heterocycles. The van der Waals surface area contributed by atoms with E-state index in [1.54, 1.807) is 0 Å². The average molecular weight is 338 g/mol. The lowest BCUT2D eigenvalue weighted by Gasteiger charge is -2.29. The van der Waals surface area contributed by atoms with Crippen molar-refractivity contribution in [3.63, 3.8) is 0 Å². The Hall–Kier alpha value is -1.91. The molecule has 0 amide bonds. The van der Waals surface area contributed by atoms with Crippen LogP contribution in [0.1, 0.15) is 5.56 Å². The van der Waals surface area contributed by atoms with E-state index in [1.165, 1.54) is 0 Å². The van der Waals surface area contributed by atoms with Gasteiger partial charge in [0.15, 0.2) is 11.6 Å². The smallest absolute Gasteiger partial charge is 0.437 e. The predicted molar refractivity (Wildman–Crippen MR) is 53.2 cm³/mol. The summed E-state index contributed by atoms with van der Waals surface area (Å²) in [5.41, 5.74) is -6.14. The van der Waals surface area contributed by atoms with Crippen LogP contribution in [0.2, 0.25) is 0 Å². The van der Waals surface area contributed by atoms with Gasteiger partial charge in [0, 0.05) is 0 Å². The Balaban J connectivity index is 2.96. The Labute approximate surface area is 117 Å². The van der Waals surface area contributed by atoms with Gasteiger partial charge in [0.25, 0.3) is 0 Å². The second kappa shape index (κ2) is 5.71. The molecule has 0 atom stereocenters. The second-order valence-electron chi connectivity index (χ2n) is 4.03. The first-order valence-corrected chi connectivity index (χ1v) is 5.27. The fourth-order valence-corrected chi connectivity index (χ4v) is 1.27. The third-order valence-corrected chi connectivity index (χ3v) is 2.47. The molecule has 1 rings (SSSR count). The van der Waals surface area contributed by atoms with E-state index >= 15 is 0 Å². The number of hydrogen-bond acceptors (Lipinski definition) is 3. The fraction of sp³-hybridized carbons (Fsp3) is 0.364. The minimum atomic E-state index is -6.38. The van der Waals surface area contributed by atoms with Crippen LogP contribution in [-0.4, -0.2) is 29.0 Å². The van der Waals surface area contributed by atoms with Gasteiger partial charge in [-0.1, -0.05) is 6.07 Å². The molecule has 1 aromatic carbocycles. The maximum absolute atomic E-state index is 12.8. The summed E-state index contributed by atoms with van der Waals surface area (Å²) in [4.78, 5) is 11.0. The summed E-state index contributed by atoms with van der Waals surface area (Å²) in [5.74, 6) is -5.80. The van der Waals surface area contributed by atoms with E-state index < -0.39 is 47.7 Å². The zero-order valence-electron chi connectivity index (χ0n) is 10.2. The van der Waals surface area contributed by atoms with Crippen molar-refractivity contribution in [2.24, 2.45) is 0 Å². The number of esters is 1. The minimum absolute atomic E-state index is 0.406. The van der Waals surface area contributed by atoms with Gasteiger partial charge in [-0.2, -0.15) is 26.3 Å². The number of hydrogen-bond donors (Lipinski definition) is 1. The lowest BCUT2D eigenvalue weighted by molar-refractivity contribution is -0.357. The molecule has 0 spiro atoms. The summed E-state index contributed by atoms with van der Waals surface area (Å²) in [7, 11) is 0. The van der Waals surface area contributed by atoms with Crippen LogP contribution < -0.4 is 0 Å². The molecule has 0 fully saturated rings. The number of carbonyl (C=O) groups excluding carboxylic acids is 1. The van der Waals surface area contributed by atoms with Crippen molar-refractivity contribution in [3.05, 3.63) is 35.4 Å². The SMILES string of the molecule is O=C(OCc1ccc(F)c(F)c1)C(O)(C(F)(F)F)C(F)(F)F. The van der Waals surface area contributed by atoms with E-state index in [-0.39, 0.29) is 0 Å². The van der Waals surface area contributed by atoms with Crippen LogP contribution in [0.15, 0.2) is 18.2 Å². The first-order chi connectivity index (χ1) is 9.80. The van der Waals surface area contributed by atoms with E-state index in [0.717, 1.165) is 6.07 Å². The van der Waals surface area contributed by atoms with E-state index in [2.05, 4.69) is 4.74 Å². The Kier molecular flexibility index (Phi) is 4.70. The van der Waals surface area contributed by atoms with E-state index in [9.17, 15) is 39.9 Å². The maximum atomic E-state index is 12.8. The Morgan fingerprint density at radius 2 is 1.50 bits per heavy atom. The molecule has 0 saturated carbocycles. The molecule has 0 bridgehead atoms. The summed E-state index contributed by atoms with van der Waals surface area (Å²) < 4.78 is 103. The maximum Gasteiger partial charge on any atom is 0.437 e. The molecule has 124 valence electrons. The van der Waals surface area contributed by atoms with Crippen molar-refractivity contribution in [2.45, 2.75) is 24.6 Å². The van der Waals surface area contributed by atoms with Crippen LogP contribution in [0.3, 0.4) is 0 Å². The number of ether oxygens (including phenoxy) is 1. The number of rotatable bonds is 3. The van der Waals surface area contributed by atoms with Gasteiger partial charge in [-0.25, -0.2) is 13.6 Å².